The van der Waals surface area contributed by atoms with Crippen LogP contribution in [-0.4, -0.2) is 0 Å². The minimum absolute atomic E-state index is 0.958. The first-order valence-electron chi connectivity index (χ1n) is 13.1. The summed E-state index contributed by atoms with van der Waals surface area (Å²) in [7, 11) is 0. The summed E-state index contributed by atoms with van der Waals surface area (Å²) in [5, 5.41) is 0. The molecular formula is C30H44. The van der Waals surface area contributed by atoms with Crippen molar-refractivity contribution >= 4 is 0 Å². The monoisotopic (exact) mass is 404 g/mol. The third-order valence-corrected chi connectivity index (χ3v) is 8.78. The van der Waals surface area contributed by atoms with E-state index in [2.05, 4.69) is 56.4 Å². The smallest absolute Gasteiger partial charge is 0.0244 e. The van der Waals surface area contributed by atoms with Gasteiger partial charge >= 0.3 is 0 Å². The van der Waals surface area contributed by atoms with Crippen LogP contribution in [0.25, 0.3) is 0 Å². The molecule has 0 amide bonds. The van der Waals surface area contributed by atoms with Crippen molar-refractivity contribution in [3.63, 3.8) is 0 Å². The van der Waals surface area contributed by atoms with E-state index in [1.807, 2.05) is 0 Å². The van der Waals surface area contributed by atoms with Gasteiger partial charge in [-0.25, -0.2) is 0 Å². The van der Waals surface area contributed by atoms with Crippen LogP contribution in [0.1, 0.15) is 94.7 Å². The fourth-order valence-corrected chi connectivity index (χ4v) is 7.02. The van der Waals surface area contributed by atoms with Gasteiger partial charge in [0, 0.05) is 0 Å². The second-order valence-electron chi connectivity index (χ2n) is 10.6. The number of hydrogen-bond acceptors (Lipinski definition) is 0. The average molecular weight is 405 g/mol. The van der Waals surface area contributed by atoms with Crippen molar-refractivity contribution in [3.8, 4) is 0 Å². The Kier molecular flexibility index (Phi) is 7.91. The molecule has 0 heterocycles. The Morgan fingerprint density at radius 1 is 0.767 bits per heavy atom. The van der Waals surface area contributed by atoms with Gasteiger partial charge in [-0.05, 0) is 137 Å². The third kappa shape index (κ3) is 5.49. The normalized spacial score (nSPS) is 31.7. The molecule has 0 N–H and O–H groups in total. The first-order valence-corrected chi connectivity index (χ1v) is 13.1. The molecule has 0 aliphatic heterocycles. The number of allylic oxidation sites excluding steroid dienone is 4. The molecule has 30 heavy (non-hydrogen) atoms. The third-order valence-electron chi connectivity index (χ3n) is 8.78. The molecule has 1 aromatic rings. The Hall–Kier alpha value is -1.30. The first kappa shape index (κ1) is 21.9. The lowest BCUT2D eigenvalue weighted by atomic mass is 9.61. The van der Waals surface area contributed by atoms with E-state index in [1.165, 1.54) is 76.2 Å². The Labute approximate surface area is 186 Å². The highest BCUT2D eigenvalue weighted by Crippen LogP contribution is 2.49. The van der Waals surface area contributed by atoms with Gasteiger partial charge in [0.25, 0.3) is 0 Å². The Morgan fingerprint density at radius 3 is 2.33 bits per heavy atom. The van der Waals surface area contributed by atoms with Crippen molar-refractivity contribution in [2.24, 2.45) is 29.6 Å². The summed E-state index contributed by atoms with van der Waals surface area (Å²) in [5.74, 6) is 5.09. The van der Waals surface area contributed by atoms with E-state index in [-0.39, 0.29) is 0 Å². The SMILES string of the molecule is CC=CCCc1ccc2c(c1)CCC(C1CCC3C[C@H](CCC=CC)CC[C@@H]3C1)C2. The fraction of sp³-hybridized carbons (Fsp3) is 0.667. The van der Waals surface area contributed by atoms with Crippen molar-refractivity contribution in [2.45, 2.75) is 97.3 Å². The van der Waals surface area contributed by atoms with Gasteiger partial charge in [0.05, 0.1) is 0 Å². The van der Waals surface area contributed by atoms with E-state index in [4.69, 9.17) is 0 Å². The molecule has 5 atom stereocenters. The zero-order chi connectivity index (χ0) is 20.8. The molecule has 0 saturated heterocycles. The zero-order valence-electron chi connectivity index (χ0n) is 19.6. The van der Waals surface area contributed by atoms with E-state index >= 15 is 0 Å². The maximum Gasteiger partial charge on any atom is -0.0244 e. The van der Waals surface area contributed by atoms with Gasteiger partial charge in [0.1, 0.15) is 0 Å². The number of benzene rings is 1. The van der Waals surface area contributed by atoms with Crippen LogP contribution in [0.3, 0.4) is 0 Å². The van der Waals surface area contributed by atoms with Crippen molar-refractivity contribution in [1.29, 1.82) is 0 Å². The second kappa shape index (κ2) is 10.8. The minimum Gasteiger partial charge on any atom is -0.0917 e. The van der Waals surface area contributed by atoms with Crippen LogP contribution in [0.15, 0.2) is 42.5 Å². The summed E-state index contributed by atoms with van der Waals surface area (Å²) in [5.41, 5.74) is 4.88. The van der Waals surface area contributed by atoms with Crippen LogP contribution < -0.4 is 0 Å². The minimum atomic E-state index is 0.958. The van der Waals surface area contributed by atoms with Gasteiger partial charge in [-0.3, -0.25) is 0 Å². The van der Waals surface area contributed by atoms with Crippen LogP contribution in [0, 0.1) is 29.6 Å². The Morgan fingerprint density at radius 2 is 1.50 bits per heavy atom. The lowest BCUT2D eigenvalue weighted by Gasteiger charge is -2.45. The first-order chi connectivity index (χ1) is 14.8. The summed E-state index contributed by atoms with van der Waals surface area (Å²) in [6, 6.07) is 7.42. The standard InChI is InChI=1S/C30H44/c1-3-5-7-9-23-11-13-27-21-29(17-15-25(27)19-23)30-18-16-26-20-24(10-8-6-4-2)12-14-28(26)22-30/h3-6,11,13,19,24,26,28-30H,7-10,12,14-18,20-22H2,1-2H3/t24-,26?,28-,29?,30?/m1/s1. The summed E-state index contributed by atoms with van der Waals surface area (Å²) in [6.45, 7) is 4.28. The molecule has 0 heteroatoms. The molecular weight excluding hydrogens is 360 g/mol. The summed E-state index contributed by atoms with van der Waals surface area (Å²) < 4.78 is 0. The molecule has 3 unspecified atom stereocenters. The van der Waals surface area contributed by atoms with E-state index in [9.17, 15) is 0 Å². The molecule has 0 nitrogen and oxygen atoms in total. The van der Waals surface area contributed by atoms with E-state index in [0.29, 0.717) is 0 Å². The van der Waals surface area contributed by atoms with E-state index < -0.39 is 0 Å². The Balaban J connectivity index is 1.29. The molecule has 3 aliphatic carbocycles. The Bertz CT molecular complexity index is 724. The lowest BCUT2D eigenvalue weighted by molar-refractivity contribution is 0.0699. The quantitative estimate of drug-likeness (QED) is 0.400. The van der Waals surface area contributed by atoms with Crippen molar-refractivity contribution in [2.75, 3.05) is 0 Å². The van der Waals surface area contributed by atoms with Gasteiger partial charge in [0.15, 0.2) is 0 Å². The second-order valence-corrected chi connectivity index (χ2v) is 10.6. The number of aryl methyl sites for hydroxylation is 2. The highest BCUT2D eigenvalue weighted by molar-refractivity contribution is 5.34. The summed E-state index contributed by atoms with van der Waals surface area (Å²) >= 11 is 0. The molecule has 1 aromatic carbocycles. The molecule has 0 radical (unpaired) electrons. The lowest BCUT2D eigenvalue weighted by Crippen LogP contribution is -2.35. The average Bonchev–Trinajstić information content (AvgIpc) is 2.78. The zero-order valence-corrected chi connectivity index (χ0v) is 19.6. The number of fused-ring (bicyclic) bond motifs is 2. The molecule has 4 rings (SSSR count). The van der Waals surface area contributed by atoms with Crippen molar-refractivity contribution in [3.05, 3.63) is 59.2 Å². The van der Waals surface area contributed by atoms with Crippen molar-refractivity contribution in [1.82, 2.24) is 0 Å². The summed E-state index contributed by atoms with van der Waals surface area (Å²) in [6.07, 6.45) is 27.5. The molecule has 0 aromatic heterocycles. The van der Waals surface area contributed by atoms with Crippen molar-refractivity contribution < 1.29 is 0 Å². The molecule has 0 bridgehead atoms. The highest BCUT2D eigenvalue weighted by atomic mass is 14.4. The van der Waals surface area contributed by atoms with Crippen LogP contribution >= 0.6 is 0 Å². The maximum absolute atomic E-state index is 2.53. The molecule has 2 saturated carbocycles. The van der Waals surface area contributed by atoms with Crippen LogP contribution in [0.5, 0.6) is 0 Å². The topological polar surface area (TPSA) is 0 Å². The van der Waals surface area contributed by atoms with E-state index in [1.54, 1.807) is 24.0 Å². The summed E-state index contributed by atoms with van der Waals surface area (Å²) in [4.78, 5) is 0. The van der Waals surface area contributed by atoms with Gasteiger partial charge in [0.2, 0.25) is 0 Å². The van der Waals surface area contributed by atoms with E-state index in [0.717, 1.165) is 29.6 Å². The fourth-order valence-electron chi connectivity index (χ4n) is 7.02. The molecule has 2 fully saturated rings. The van der Waals surface area contributed by atoms with Crippen LogP contribution in [-0.2, 0) is 19.3 Å². The molecule has 3 aliphatic rings. The number of rotatable bonds is 7. The van der Waals surface area contributed by atoms with Gasteiger partial charge in [-0.15, -0.1) is 0 Å². The predicted molar refractivity (Wildman–Crippen MR) is 131 cm³/mol. The molecule has 0 spiro atoms. The molecule has 164 valence electrons. The van der Waals surface area contributed by atoms with Gasteiger partial charge < -0.3 is 0 Å². The predicted octanol–water partition coefficient (Wildman–Crippen LogP) is 8.49. The van der Waals surface area contributed by atoms with Gasteiger partial charge in [-0.2, -0.15) is 0 Å². The maximum atomic E-state index is 2.53. The van der Waals surface area contributed by atoms with Gasteiger partial charge in [-0.1, -0.05) is 48.9 Å². The van der Waals surface area contributed by atoms with Crippen LogP contribution in [0.4, 0.5) is 0 Å². The highest BCUT2D eigenvalue weighted by Gasteiger charge is 2.38. The van der Waals surface area contributed by atoms with Crippen LogP contribution in [0.2, 0.25) is 0 Å². The largest absolute Gasteiger partial charge is 0.0917 e. The number of hydrogen-bond donors (Lipinski definition) is 0.